The van der Waals surface area contributed by atoms with Crippen LogP contribution in [0, 0.1) is 6.92 Å². The fourth-order valence-corrected chi connectivity index (χ4v) is 2.22. The second kappa shape index (κ2) is 7.37. The van der Waals surface area contributed by atoms with Crippen molar-refractivity contribution in [2.75, 3.05) is 5.73 Å². The third-order valence-corrected chi connectivity index (χ3v) is 3.39. The maximum absolute atomic E-state index is 12.6. The Bertz CT molecular complexity index is 811. The molecule has 3 rings (SSSR count). The summed E-state index contributed by atoms with van der Waals surface area (Å²) in [4.78, 5) is 20.5. The third kappa shape index (κ3) is 3.57. The van der Waals surface area contributed by atoms with Crippen molar-refractivity contribution < 1.29 is 9.53 Å². The summed E-state index contributed by atoms with van der Waals surface area (Å²) in [5.41, 5.74) is 7.20. The number of nitrogens with zero attached hydrogens (tertiary/aromatic N) is 2. The molecule has 2 aromatic carbocycles. The molecule has 0 aliphatic heterocycles. The lowest BCUT2D eigenvalue weighted by Gasteiger charge is -2.08. The molecule has 0 spiro atoms. The number of carbonyl (C=O) groups is 1. The average Bonchev–Trinajstić information content (AvgIpc) is 2.56. The first-order chi connectivity index (χ1) is 11.1. The van der Waals surface area contributed by atoms with Gasteiger partial charge in [0, 0.05) is 5.56 Å². The fraction of sp³-hybridized carbons (Fsp3) is 0.105. The van der Waals surface area contributed by atoms with Gasteiger partial charge in [-0.2, -0.15) is 0 Å². The summed E-state index contributed by atoms with van der Waals surface area (Å²) in [5.74, 6) is 1.38. The Morgan fingerprint density at radius 3 is 2.21 bits per heavy atom. The molecule has 5 nitrogen and oxygen atoms in total. The topological polar surface area (TPSA) is 78.1 Å². The molecule has 122 valence electrons. The van der Waals surface area contributed by atoms with Crippen LogP contribution in [0.1, 0.15) is 29.0 Å². The van der Waals surface area contributed by atoms with E-state index in [1.807, 2.05) is 30.3 Å². The van der Waals surface area contributed by atoms with Crippen molar-refractivity contribution in [3.05, 3.63) is 77.7 Å². The van der Waals surface area contributed by atoms with E-state index in [1.54, 1.807) is 31.2 Å². The van der Waals surface area contributed by atoms with Crippen molar-refractivity contribution in [3.8, 4) is 11.5 Å². The molecule has 0 atom stereocenters. The Kier molecular flexibility index (Phi) is 5.27. The van der Waals surface area contributed by atoms with Crippen LogP contribution in [0.2, 0.25) is 0 Å². The van der Waals surface area contributed by atoms with Gasteiger partial charge in [-0.05, 0) is 43.3 Å². The summed E-state index contributed by atoms with van der Waals surface area (Å²) < 4.78 is 5.71. The molecule has 0 saturated carbocycles. The SMILES string of the molecule is C.Cc1ncnc(N)c1C(=O)c1ccc(Oc2ccccc2)cc1. The van der Waals surface area contributed by atoms with Crippen LogP contribution in [0.4, 0.5) is 5.82 Å². The monoisotopic (exact) mass is 321 g/mol. The normalized spacial score (nSPS) is 9.88. The maximum atomic E-state index is 12.6. The van der Waals surface area contributed by atoms with Crippen LogP contribution in [0.3, 0.4) is 0 Å². The molecule has 1 aromatic heterocycles. The minimum atomic E-state index is -0.202. The number of ether oxygens (including phenoxy) is 1. The lowest BCUT2D eigenvalue weighted by molar-refractivity contribution is 0.103. The fourth-order valence-electron chi connectivity index (χ4n) is 2.22. The second-order valence-electron chi connectivity index (χ2n) is 4.99. The highest BCUT2D eigenvalue weighted by molar-refractivity contribution is 6.12. The van der Waals surface area contributed by atoms with E-state index in [9.17, 15) is 4.79 Å². The number of aromatic nitrogens is 2. The highest BCUT2D eigenvalue weighted by Gasteiger charge is 2.16. The number of hydrogen-bond acceptors (Lipinski definition) is 5. The van der Waals surface area contributed by atoms with Gasteiger partial charge < -0.3 is 10.5 Å². The molecule has 0 unspecified atom stereocenters. The lowest BCUT2D eigenvalue weighted by atomic mass is 10.0. The van der Waals surface area contributed by atoms with Crippen LogP contribution >= 0.6 is 0 Å². The van der Waals surface area contributed by atoms with Gasteiger partial charge in [-0.3, -0.25) is 4.79 Å². The van der Waals surface area contributed by atoms with Crippen molar-refractivity contribution in [1.29, 1.82) is 0 Å². The molecule has 5 heteroatoms. The Labute approximate surface area is 141 Å². The number of benzene rings is 2. The van der Waals surface area contributed by atoms with Gasteiger partial charge in [0.25, 0.3) is 0 Å². The van der Waals surface area contributed by atoms with Crippen molar-refractivity contribution in [2.24, 2.45) is 0 Å². The van der Waals surface area contributed by atoms with Crippen molar-refractivity contribution >= 4 is 11.6 Å². The molecular formula is C19H19N3O2. The molecule has 0 aliphatic carbocycles. The minimum Gasteiger partial charge on any atom is -0.457 e. The molecule has 0 saturated heterocycles. The van der Waals surface area contributed by atoms with Gasteiger partial charge in [0.15, 0.2) is 5.78 Å². The van der Waals surface area contributed by atoms with E-state index in [0.29, 0.717) is 22.6 Å². The van der Waals surface area contributed by atoms with Gasteiger partial charge in [0.1, 0.15) is 23.6 Å². The van der Waals surface area contributed by atoms with Crippen molar-refractivity contribution in [2.45, 2.75) is 14.4 Å². The Morgan fingerprint density at radius 1 is 0.958 bits per heavy atom. The standard InChI is InChI=1S/C18H15N3O2.CH4/c1-12-16(18(19)21-11-20-12)17(22)13-7-9-15(10-8-13)23-14-5-3-2-4-6-14;/h2-11H,1H3,(H2,19,20,21);1H4. The van der Waals surface area contributed by atoms with Crippen LogP contribution in [0.25, 0.3) is 0 Å². The first kappa shape index (κ1) is 17.1. The molecule has 0 bridgehead atoms. The summed E-state index contributed by atoms with van der Waals surface area (Å²) in [7, 11) is 0. The minimum absolute atomic E-state index is 0. The zero-order valence-corrected chi connectivity index (χ0v) is 12.6. The van der Waals surface area contributed by atoms with E-state index in [2.05, 4.69) is 9.97 Å². The van der Waals surface area contributed by atoms with Crippen LogP contribution in [-0.4, -0.2) is 15.8 Å². The van der Waals surface area contributed by atoms with Crippen LogP contribution in [0.5, 0.6) is 11.5 Å². The number of carbonyl (C=O) groups excluding carboxylic acids is 1. The third-order valence-electron chi connectivity index (χ3n) is 3.39. The van der Waals surface area contributed by atoms with Crippen LogP contribution in [0.15, 0.2) is 60.9 Å². The van der Waals surface area contributed by atoms with Gasteiger partial charge >= 0.3 is 0 Å². The second-order valence-corrected chi connectivity index (χ2v) is 4.99. The number of rotatable bonds is 4. The molecule has 3 aromatic rings. The lowest BCUT2D eigenvalue weighted by Crippen LogP contribution is -2.10. The van der Waals surface area contributed by atoms with Gasteiger partial charge in [0.2, 0.25) is 0 Å². The van der Waals surface area contributed by atoms with E-state index >= 15 is 0 Å². The quantitative estimate of drug-likeness (QED) is 0.734. The van der Waals surface area contributed by atoms with Gasteiger partial charge in [0.05, 0.1) is 11.3 Å². The maximum Gasteiger partial charge on any atom is 0.198 e. The molecular weight excluding hydrogens is 302 g/mol. The zero-order valence-electron chi connectivity index (χ0n) is 12.6. The smallest absolute Gasteiger partial charge is 0.198 e. The van der Waals surface area contributed by atoms with Crippen molar-refractivity contribution in [1.82, 2.24) is 9.97 Å². The first-order valence-corrected chi connectivity index (χ1v) is 7.10. The summed E-state index contributed by atoms with van der Waals surface area (Å²) in [5, 5.41) is 0. The molecule has 1 heterocycles. The number of aryl methyl sites for hydroxylation is 1. The summed E-state index contributed by atoms with van der Waals surface area (Å²) in [6, 6.07) is 16.3. The highest BCUT2D eigenvalue weighted by Crippen LogP contribution is 2.23. The predicted molar refractivity (Wildman–Crippen MR) is 94.3 cm³/mol. The van der Waals surface area contributed by atoms with Gasteiger partial charge in [-0.25, -0.2) is 9.97 Å². The predicted octanol–water partition coefficient (Wildman–Crippen LogP) is 4.03. The molecule has 2 N–H and O–H groups in total. The number of para-hydroxylation sites is 1. The van der Waals surface area contributed by atoms with Crippen molar-refractivity contribution in [3.63, 3.8) is 0 Å². The van der Waals surface area contributed by atoms with E-state index in [0.717, 1.165) is 5.75 Å². The largest absolute Gasteiger partial charge is 0.457 e. The summed E-state index contributed by atoms with van der Waals surface area (Å²) in [6.45, 7) is 1.73. The van der Waals surface area contributed by atoms with E-state index in [1.165, 1.54) is 6.33 Å². The first-order valence-electron chi connectivity index (χ1n) is 7.10. The number of nitrogens with two attached hydrogens (primary N) is 1. The Balaban J connectivity index is 0.00000208. The van der Waals surface area contributed by atoms with E-state index < -0.39 is 0 Å². The summed E-state index contributed by atoms with van der Waals surface area (Å²) in [6.07, 6.45) is 1.35. The highest BCUT2D eigenvalue weighted by atomic mass is 16.5. The molecule has 0 aliphatic rings. The Morgan fingerprint density at radius 2 is 1.58 bits per heavy atom. The molecule has 0 fully saturated rings. The average molecular weight is 321 g/mol. The molecule has 24 heavy (non-hydrogen) atoms. The van der Waals surface area contributed by atoms with Crippen LogP contribution < -0.4 is 10.5 Å². The number of anilines is 1. The van der Waals surface area contributed by atoms with Gasteiger partial charge in [-0.1, -0.05) is 25.6 Å². The van der Waals surface area contributed by atoms with E-state index in [-0.39, 0.29) is 19.0 Å². The number of nitrogen functional groups attached to an aromatic ring is 1. The zero-order chi connectivity index (χ0) is 16.2. The molecule has 0 radical (unpaired) electrons. The number of ketones is 1. The van der Waals surface area contributed by atoms with Gasteiger partial charge in [-0.15, -0.1) is 0 Å². The number of hydrogen-bond donors (Lipinski definition) is 1. The Hall–Kier alpha value is -3.21. The van der Waals surface area contributed by atoms with E-state index in [4.69, 9.17) is 10.5 Å². The van der Waals surface area contributed by atoms with Crippen LogP contribution in [-0.2, 0) is 0 Å². The molecule has 0 amide bonds. The summed E-state index contributed by atoms with van der Waals surface area (Å²) >= 11 is 0.